The molecule has 4 nitrogen and oxygen atoms in total. The lowest BCUT2D eigenvalue weighted by atomic mass is 10.1. The minimum atomic E-state index is -0.352. The fraction of sp³-hybridized carbons (Fsp3) is 0.333. The van der Waals surface area contributed by atoms with Crippen LogP contribution in [0.4, 0.5) is 5.69 Å². The largest absolute Gasteiger partial charge is 0.327 e. The molecule has 0 amide bonds. The molecule has 0 heterocycles. The number of unbranched alkanes of at least 4 members (excludes halogenated alkanes) is 1. The molecule has 0 fully saturated rings. The molecule has 0 aromatic heterocycles. The van der Waals surface area contributed by atoms with Crippen LogP contribution in [0.5, 0.6) is 0 Å². The smallest absolute Gasteiger partial charge is 0.269 e. The quantitative estimate of drug-likeness (QED) is 0.602. The van der Waals surface area contributed by atoms with Gasteiger partial charge in [0.1, 0.15) is 13.1 Å². The van der Waals surface area contributed by atoms with Gasteiger partial charge in [0.2, 0.25) is 0 Å². The van der Waals surface area contributed by atoms with Crippen molar-refractivity contribution in [2.75, 3.05) is 6.54 Å². The van der Waals surface area contributed by atoms with E-state index < -0.39 is 0 Å². The maximum absolute atomic E-state index is 10.7. The Bertz CT molecular complexity index is 582. The van der Waals surface area contributed by atoms with Crippen LogP contribution < -0.4 is 4.90 Å². The van der Waals surface area contributed by atoms with Crippen LogP contribution in [-0.4, -0.2) is 11.5 Å². The molecule has 0 bridgehead atoms. The number of rotatable bonds is 8. The maximum Gasteiger partial charge on any atom is 0.269 e. The Balaban J connectivity index is 2.03. The van der Waals surface area contributed by atoms with Crippen molar-refractivity contribution in [3.63, 3.8) is 0 Å². The zero-order valence-corrected chi connectivity index (χ0v) is 13.0. The number of benzene rings is 2. The summed E-state index contributed by atoms with van der Waals surface area (Å²) in [7, 11) is 0. The van der Waals surface area contributed by atoms with Crippen molar-refractivity contribution in [2.24, 2.45) is 0 Å². The van der Waals surface area contributed by atoms with Crippen LogP contribution in [0, 0.1) is 10.1 Å². The topological polar surface area (TPSA) is 47.6 Å². The van der Waals surface area contributed by atoms with Crippen LogP contribution in [0.25, 0.3) is 0 Å². The van der Waals surface area contributed by atoms with Crippen LogP contribution in [-0.2, 0) is 13.1 Å². The highest BCUT2D eigenvalue weighted by atomic mass is 16.6. The highest BCUT2D eigenvalue weighted by Crippen LogP contribution is 2.11. The van der Waals surface area contributed by atoms with Crippen molar-refractivity contribution in [2.45, 2.75) is 32.9 Å². The van der Waals surface area contributed by atoms with Gasteiger partial charge in [-0.15, -0.1) is 0 Å². The zero-order valence-electron chi connectivity index (χ0n) is 13.0. The highest BCUT2D eigenvalue weighted by molar-refractivity contribution is 5.32. The van der Waals surface area contributed by atoms with Crippen molar-refractivity contribution in [3.05, 3.63) is 75.8 Å². The van der Waals surface area contributed by atoms with Gasteiger partial charge in [-0.3, -0.25) is 10.1 Å². The van der Waals surface area contributed by atoms with Gasteiger partial charge >= 0.3 is 0 Å². The monoisotopic (exact) mass is 299 g/mol. The third-order valence-corrected chi connectivity index (χ3v) is 3.78. The summed E-state index contributed by atoms with van der Waals surface area (Å²) in [6.07, 6.45) is 2.37. The summed E-state index contributed by atoms with van der Waals surface area (Å²) in [5.41, 5.74) is 2.63. The molecule has 2 aromatic carbocycles. The lowest BCUT2D eigenvalue weighted by Crippen LogP contribution is -3.09. The second-order valence-corrected chi connectivity index (χ2v) is 5.62. The second-order valence-electron chi connectivity index (χ2n) is 5.62. The Morgan fingerprint density at radius 2 is 1.55 bits per heavy atom. The molecule has 0 saturated carbocycles. The number of nitro benzene ring substituents is 1. The highest BCUT2D eigenvalue weighted by Gasteiger charge is 2.11. The van der Waals surface area contributed by atoms with Gasteiger partial charge in [-0.05, 0) is 18.6 Å². The zero-order chi connectivity index (χ0) is 15.8. The summed E-state index contributed by atoms with van der Waals surface area (Å²) in [6.45, 7) is 5.19. The van der Waals surface area contributed by atoms with Crippen molar-refractivity contribution in [3.8, 4) is 0 Å². The molecule has 1 unspecified atom stereocenters. The van der Waals surface area contributed by atoms with Crippen LogP contribution in [0.3, 0.4) is 0 Å². The minimum absolute atomic E-state index is 0.155. The predicted octanol–water partition coefficient (Wildman–Crippen LogP) is 2.98. The fourth-order valence-electron chi connectivity index (χ4n) is 2.57. The molecule has 1 N–H and O–H groups in total. The van der Waals surface area contributed by atoms with E-state index in [1.807, 2.05) is 18.2 Å². The number of nitro groups is 1. The Hall–Kier alpha value is -2.20. The van der Waals surface area contributed by atoms with Gasteiger partial charge in [0.15, 0.2) is 0 Å². The number of quaternary nitrogens is 1. The number of hydrogen-bond acceptors (Lipinski definition) is 2. The third kappa shape index (κ3) is 4.97. The Labute approximate surface area is 131 Å². The summed E-state index contributed by atoms with van der Waals surface area (Å²) >= 11 is 0. The van der Waals surface area contributed by atoms with Gasteiger partial charge in [0.05, 0.1) is 11.5 Å². The summed E-state index contributed by atoms with van der Waals surface area (Å²) in [5, 5.41) is 10.7. The number of nitrogens with one attached hydrogen (secondary N) is 1. The summed E-state index contributed by atoms with van der Waals surface area (Å²) < 4.78 is 0. The van der Waals surface area contributed by atoms with E-state index in [2.05, 4.69) is 31.2 Å². The van der Waals surface area contributed by atoms with Gasteiger partial charge in [0, 0.05) is 23.3 Å². The van der Waals surface area contributed by atoms with Gasteiger partial charge < -0.3 is 4.90 Å². The number of hydrogen-bond donors (Lipinski definition) is 1. The molecule has 2 rings (SSSR count). The normalized spacial score (nSPS) is 12.0. The van der Waals surface area contributed by atoms with Gasteiger partial charge in [-0.25, -0.2) is 0 Å². The van der Waals surface area contributed by atoms with Crippen molar-refractivity contribution >= 4 is 5.69 Å². The van der Waals surface area contributed by atoms with E-state index in [0.717, 1.165) is 25.2 Å². The van der Waals surface area contributed by atoms with Crippen LogP contribution >= 0.6 is 0 Å². The first-order valence-electron chi connectivity index (χ1n) is 7.80. The van der Waals surface area contributed by atoms with Crippen molar-refractivity contribution in [1.29, 1.82) is 0 Å². The maximum atomic E-state index is 10.7. The van der Waals surface area contributed by atoms with E-state index in [9.17, 15) is 10.1 Å². The average Bonchev–Trinajstić information content (AvgIpc) is 2.54. The first-order valence-corrected chi connectivity index (χ1v) is 7.80. The molecule has 0 aliphatic carbocycles. The first-order chi connectivity index (χ1) is 10.7. The fourth-order valence-corrected chi connectivity index (χ4v) is 2.57. The average molecular weight is 299 g/mol. The molecule has 0 saturated heterocycles. The lowest BCUT2D eigenvalue weighted by Gasteiger charge is -2.19. The van der Waals surface area contributed by atoms with Gasteiger partial charge in [0.25, 0.3) is 5.69 Å². The standard InChI is InChI=1S/C18H22N2O2/c1-2-3-13-19(14-16-7-5-4-6-8-16)15-17-9-11-18(12-10-17)20(21)22/h4-12H,2-3,13-15H2,1H3/p+1. The molecule has 0 aliphatic rings. The molecule has 22 heavy (non-hydrogen) atoms. The molecule has 0 radical (unpaired) electrons. The summed E-state index contributed by atoms with van der Waals surface area (Å²) in [4.78, 5) is 11.9. The Morgan fingerprint density at radius 1 is 0.955 bits per heavy atom. The van der Waals surface area contributed by atoms with Gasteiger partial charge in [-0.2, -0.15) is 0 Å². The van der Waals surface area contributed by atoms with Crippen LogP contribution in [0.2, 0.25) is 0 Å². The van der Waals surface area contributed by atoms with Gasteiger partial charge in [-0.1, -0.05) is 43.7 Å². The van der Waals surface area contributed by atoms with E-state index in [-0.39, 0.29) is 10.6 Å². The Morgan fingerprint density at radius 3 is 2.09 bits per heavy atom. The molecule has 4 heteroatoms. The second kappa shape index (κ2) is 8.29. The van der Waals surface area contributed by atoms with Crippen molar-refractivity contribution < 1.29 is 9.82 Å². The van der Waals surface area contributed by atoms with E-state index in [1.165, 1.54) is 23.3 Å². The summed E-state index contributed by atoms with van der Waals surface area (Å²) in [6, 6.07) is 17.4. The Kier molecular flexibility index (Phi) is 6.10. The van der Waals surface area contributed by atoms with E-state index in [1.54, 1.807) is 12.1 Å². The number of non-ortho nitro benzene ring substituents is 1. The third-order valence-electron chi connectivity index (χ3n) is 3.78. The predicted molar refractivity (Wildman–Crippen MR) is 87.7 cm³/mol. The molecule has 0 spiro atoms. The molecular formula is C18H23N2O2+. The first kappa shape index (κ1) is 16.2. The molecule has 116 valence electrons. The van der Waals surface area contributed by atoms with E-state index in [4.69, 9.17) is 0 Å². The minimum Gasteiger partial charge on any atom is -0.327 e. The molecule has 1 atom stereocenters. The summed E-state index contributed by atoms with van der Waals surface area (Å²) in [5.74, 6) is 0. The van der Waals surface area contributed by atoms with Crippen molar-refractivity contribution in [1.82, 2.24) is 0 Å². The molecule has 2 aromatic rings. The lowest BCUT2D eigenvalue weighted by molar-refractivity contribution is -0.927. The van der Waals surface area contributed by atoms with Crippen LogP contribution in [0.15, 0.2) is 54.6 Å². The molecular weight excluding hydrogens is 276 g/mol. The SMILES string of the molecule is CCCC[NH+](Cc1ccccc1)Cc1ccc([N+](=O)[O-])cc1. The van der Waals surface area contributed by atoms with E-state index >= 15 is 0 Å². The molecule has 0 aliphatic heterocycles. The van der Waals surface area contributed by atoms with E-state index in [0.29, 0.717) is 0 Å². The number of nitrogens with zero attached hydrogens (tertiary/aromatic N) is 1. The van der Waals surface area contributed by atoms with Crippen LogP contribution in [0.1, 0.15) is 30.9 Å².